The Hall–Kier alpha value is -2.37. The Labute approximate surface area is 105 Å². The van der Waals surface area contributed by atoms with E-state index in [9.17, 15) is 4.79 Å². The number of aryl methyl sites for hydroxylation is 1. The van der Waals surface area contributed by atoms with E-state index in [1.807, 2.05) is 13.2 Å². The predicted octanol–water partition coefficient (Wildman–Crippen LogP) is 0.370. The maximum atomic E-state index is 11.7. The molecule has 0 spiro atoms. The summed E-state index contributed by atoms with van der Waals surface area (Å²) in [7, 11) is 1.86. The number of carbonyl (C=O) groups is 1. The van der Waals surface area contributed by atoms with Gasteiger partial charge >= 0.3 is 0 Å². The average Bonchev–Trinajstić information content (AvgIpc) is 2.76. The Balaban J connectivity index is 1.83. The van der Waals surface area contributed by atoms with Crippen LogP contribution in [0.25, 0.3) is 0 Å². The second-order valence-electron chi connectivity index (χ2n) is 4.00. The Kier molecular flexibility index (Phi) is 3.57. The number of aromatic nitrogens is 3. The molecule has 0 atom stereocenters. The van der Waals surface area contributed by atoms with Gasteiger partial charge in [0.1, 0.15) is 5.82 Å². The number of carbonyl (C=O) groups excluding carboxylic acids is 1. The minimum Gasteiger partial charge on any atom is -0.384 e. The zero-order chi connectivity index (χ0) is 13.0. The Bertz CT molecular complexity index is 532. The van der Waals surface area contributed by atoms with Gasteiger partial charge < -0.3 is 11.1 Å². The molecule has 6 nitrogen and oxygen atoms in total. The highest BCUT2D eigenvalue weighted by atomic mass is 16.1. The van der Waals surface area contributed by atoms with E-state index in [0.717, 1.165) is 12.0 Å². The number of pyridine rings is 1. The quantitative estimate of drug-likeness (QED) is 0.814. The van der Waals surface area contributed by atoms with Gasteiger partial charge in [-0.15, -0.1) is 0 Å². The van der Waals surface area contributed by atoms with Crippen molar-refractivity contribution < 1.29 is 4.79 Å². The zero-order valence-corrected chi connectivity index (χ0v) is 10.1. The SMILES string of the molecule is Cn1cc(CCNC(=O)c2ccc(N)nc2)cn1. The summed E-state index contributed by atoms with van der Waals surface area (Å²) < 4.78 is 1.74. The average molecular weight is 245 g/mol. The van der Waals surface area contributed by atoms with Crippen LogP contribution in [0, 0.1) is 0 Å². The number of hydrogen-bond acceptors (Lipinski definition) is 4. The third-order valence-corrected chi connectivity index (χ3v) is 2.51. The molecule has 6 heteroatoms. The fraction of sp³-hybridized carbons (Fsp3) is 0.250. The minimum absolute atomic E-state index is 0.147. The van der Waals surface area contributed by atoms with E-state index < -0.39 is 0 Å². The molecule has 1 amide bonds. The fourth-order valence-electron chi connectivity index (χ4n) is 1.56. The smallest absolute Gasteiger partial charge is 0.252 e. The number of amides is 1. The van der Waals surface area contributed by atoms with Crippen LogP contribution in [-0.4, -0.2) is 27.2 Å². The number of nitrogens with two attached hydrogens (primary N) is 1. The first kappa shape index (κ1) is 12.1. The molecule has 0 aliphatic carbocycles. The van der Waals surface area contributed by atoms with E-state index in [4.69, 9.17) is 5.73 Å². The molecular formula is C12H15N5O. The second kappa shape index (κ2) is 5.31. The highest BCUT2D eigenvalue weighted by molar-refractivity contribution is 5.93. The van der Waals surface area contributed by atoms with E-state index in [1.54, 1.807) is 23.0 Å². The molecule has 0 unspecified atom stereocenters. The maximum absolute atomic E-state index is 11.7. The lowest BCUT2D eigenvalue weighted by Crippen LogP contribution is -2.25. The van der Waals surface area contributed by atoms with Crippen molar-refractivity contribution in [2.75, 3.05) is 12.3 Å². The Morgan fingerprint density at radius 3 is 2.89 bits per heavy atom. The maximum Gasteiger partial charge on any atom is 0.252 e. The number of hydrogen-bond donors (Lipinski definition) is 2. The van der Waals surface area contributed by atoms with Crippen LogP contribution < -0.4 is 11.1 Å². The first-order valence-electron chi connectivity index (χ1n) is 5.62. The van der Waals surface area contributed by atoms with Crippen molar-refractivity contribution in [2.24, 2.45) is 7.05 Å². The molecule has 0 aliphatic rings. The molecule has 3 N–H and O–H groups in total. The van der Waals surface area contributed by atoms with Gasteiger partial charge in [0, 0.05) is 26.0 Å². The van der Waals surface area contributed by atoms with Crippen LogP contribution in [0.1, 0.15) is 15.9 Å². The molecule has 0 saturated heterocycles. The summed E-state index contributed by atoms with van der Waals surface area (Å²) in [5.74, 6) is 0.258. The van der Waals surface area contributed by atoms with Crippen LogP contribution in [-0.2, 0) is 13.5 Å². The van der Waals surface area contributed by atoms with Crippen LogP contribution in [0.2, 0.25) is 0 Å². The molecular weight excluding hydrogens is 230 g/mol. The Morgan fingerprint density at radius 1 is 1.44 bits per heavy atom. The van der Waals surface area contributed by atoms with Gasteiger partial charge in [-0.05, 0) is 24.1 Å². The van der Waals surface area contributed by atoms with Gasteiger partial charge in [0.2, 0.25) is 0 Å². The highest BCUT2D eigenvalue weighted by Crippen LogP contribution is 2.01. The van der Waals surface area contributed by atoms with Crippen molar-refractivity contribution >= 4 is 11.7 Å². The largest absolute Gasteiger partial charge is 0.384 e. The molecule has 2 aromatic rings. The lowest BCUT2D eigenvalue weighted by molar-refractivity contribution is 0.0954. The lowest BCUT2D eigenvalue weighted by atomic mass is 10.2. The van der Waals surface area contributed by atoms with Crippen molar-refractivity contribution in [3.05, 3.63) is 41.9 Å². The fourth-order valence-corrected chi connectivity index (χ4v) is 1.56. The van der Waals surface area contributed by atoms with Crippen LogP contribution in [0.5, 0.6) is 0 Å². The van der Waals surface area contributed by atoms with Crippen LogP contribution in [0.4, 0.5) is 5.82 Å². The summed E-state index contributed by atoms with van der Waals surface area (Å²) in [5.41, 5.74) is 7.05. The van der Waals surface area contributed by atoms with Gasteiger partial charge in [-0.2, -0.15) is 5.10 Å². The third kappa shape index (κ3) is 3.07. The summed E-state index contributed by atoms with van der Waals surface area (Å²) in [6, 6.07) is 3.26. The van der Waals surface area contributed by atoms with Crippen molar-refractivity contribution in [3.63, 3.8) is 0 Å². The molecule has 0 aliphatic heterocycles. The van der Waals surface area contributed by atoms with Gasteiger partial charge in [-0.1, -0.05) is 0 Å². The monoisotopic (exact) mass is 245 g/mol. The number of nitrogen functional groups attached to an aromatic ring is 1. The number of rotatable bonds is 4. The molecule has 2 heterocycles. The van der Waals surface area contributed by atoms with E-state index in [2.05, 4.69) is 15.4 Å². The number of nitrogens with zero attached hydrogens (tertiary/aromatic N) is 3. The second-order valence-corrected chi connectivity index (χ2v) is 4.00. The normalized spacial score (nSPS) is 10.3. The molecule has 0 saturated carbocycles. The van der Waals surface area contributed by atoms with Gasteiger partial charge in [0.25, 0.3) is 5.91 Å². The number of nitrogens with one attached hydrogen (secondary N) is 1. The van der Waals surface area contributed by atoms with E-state index in [1.165, 1.54) is 6.20 Å². The first-order chi connectivity index (χ1) is 8.65. The summed E-state index contributed by atoms with van der Waals surface area (Å²) in [6.07, 6.45) is 5.94. The standard InChI is InChI=1S/C12H15N5O/c1-17-8-9(6-16-17)4-5-14-12(18)10-2-3-11(13)15-7-10/h2-3,6-8H,4-5H2,1H3,(H2,13,15)(H,14,18). The van der Waals surface area contributed by atoms with Crippen LogP contribution in [0.15, 0.2) is 30.7 Å². The van der Waals surface area contributed by atoms with E-state index in [-0.39, 0.29) is 5.91 Å². The highest BCUT2D eigenvalue weighted by Gasteiger charge is 2.05. The summed E-state index contributed by atoms with van der Waals surface area (Å²) in [6.45, 7) is 0.564. The molecule has 0 fully saturated rings. The van der Waals surface area contributed by atoms with E-state index >= 15 is 0 Å². The topological polar surface area (TPSA) is 85.8 Å². The molecule has 0 radical (unpaired) electrons. The molecule has 94 valence electrons. The van der Waals surface area contributed by atoms with Gasteiger partial charge in [0.05, 0.1) is 11.8 Å². The van der Waals surface area contributed by atoms with Crippen LogP contribution >= 0.6 is 0 Å². The van der Waals surface area contributed by atoms with Crippen molar-refractivity contribution in [2.45, 2.75) is 6.42 Å². The van der Waals surface area contributed by atoms with E-state index in [0.29, 0.717) is 17.9 Å². The molecule has 2 aromatic heterocycles. The first-order valence-corrected chi connectivity index (χ1v) is 5.62. The van der Waals surface area contributed by atoms with Crippen LogP contribution in [0.3, 0.4) is 0 Å². The predicted molar refractivity (Wildman–Crippen MR) is 67.9 cm³/mol. The Morgan fingerprint density at radius 2 is 2.28 bits per heavy atom. The summed E-state index contributed by atoms with van der Waals surface area (Å²) in [4.78, 5) is 15.6. The molecule has 0 bridgehead atoms. The van der Waals surface area contributed by atoms with Gasteiger partial charge in [-0.3, -0.25) is 9.48 Å². The molecule has 0 aromatic carbocycles. The molecule has 2 rings (SSSR count). The number of anilines is 1. The van der Waals surface area contributed by atoms with Crippen molar-refractivity contribution in [1.82, 2.24) is 20.1 Å². The minimum atomic E-state index is -0.147. The van der Waals surface area contributed by atoms with Gasteiger partial charge in [0.15, 0.2) is 0 Å². The zero-order valence-electron chi connectivity index (χ0n) is 10.1. The molecule has 18 heavy (non-hydrogen) atoms. The lowest BCUT2D eigenvalue weighted by Gasteiger charge is -2.03. The van der Waals surface area contributed by atoms with Crippen molar-refractivity contribution in [3.8, 4) is 0 Å². The van der Waals surface area contributed by atoms with Gasteiger partial charge in [-0.25, -0.2) is 4.98 Å². The summed E-state index contributed by atoms with van der Waals surface area (Å²) >= 11 is 0. The van der Waals surface area contributed by atoms with Crippen molar-refractivity contribution in [1.29, 1.82) is 0 Å². The summed E-state index contributed by atoms with van der Waals surface area (Å²) in [5, 5.41) is 6.88. The third-order valence-electron chi connectivity index (χ3n) is 2.51.